The van der Waals surface area contributed by atoms with E-state index >= 15 is 0 Å². The van der Waals surface area contributed by atoms with Gasteiger partial charge in [0.15, 0.2) is 0 Å². The molecule has 1 atom stereocenters. The highest BCUT2D eigenvalue weighted by Gasteiger charge is 2.31. The summed E-state index contributed by atoms with van der Waals surface area (Å²) >= 11 is 0. The van der Waals surface area contributed by atoms with Crippen molar-refractivity contribution in [3.8, 4) is 0 Å². The van der Waals surface area contributed by atoms with Crippen LogP contribution in [0.1, 0.15) is 15.9 Å². The number of ketones is 1. The fourth-order valence-electron chi connectivity index (χ4n) is 1.97. The molecule has 0 spiro atoms. The Morgan fingerprint density at radius 2 is 1.56 bits per heavy atom. The van der Waals surface area contributed by atoms with E-state index in [1.165, 1.54) is 0 Å². The zero-order valence-electron chi connectivity index (χ0n) is 9.50. The van der Waals surface area contributed by atoms with Gasteiger partial charge in [0.25, 0.3) is 0 Å². The first-order valence-corrected chi connectivity index (χ1v) is 6.74. The van der Waals surface area contributed by atoms with E-state index in [0.717, 1.165) is 5.56 Å². The van der Waals surface area contributed by atoms with Gasteiger partial charge in [-0.25, -0.2) is 4.21 Å². The molecule has 3 heteroatoms. The van der Waals surface area contributed by atoms with Crippen LogP contribution in [0.2, 0.25) is 0 Å². The summed E-state index contributed by atoms with van der Waals surface area (Å²) in [5.74, 6) is -0.132. The number of hydrogen-bond acceptors (Lipinski definition) is 2. The molecule has 88 valence electrons. The van der Waals surface area contributed by atoms with Crippen LogP contribution >= 0.6 is 0 Å². The minimum Gasteiger partial charge on any atom is -0.288 e. The zero-order chi connectivity index (χ0) is 12.5. The van der Waals surface area contributed by atoms with Crippen LogP contribution in [0.15, 0.2) is 64.4 Å². The highest BCUT2D eigenvalue weighted by atomic mass is 32.2. The van der Waals surface area contributed by atoms with Crippen LogP contribution in [0.4, 0.5) is 0 Å². The summed E-state index contributed by atoms with van der Waals surface area (Å²) < 4.78 is 12.2. The number of hydrogen-bond donors (Lipinski definition) is 0. The Bertz CT molecular complexity index is 635. The lowest BCUT2D eigenvalue weighted by atomic mass is 10.1. The Morgan fingerprint density at radius 3 is 2.28 bits per heavy atom. The number of rotatable bonds is 1. The molecule has 0 unspecified atom stereocenters. The summed E-state index contributed by atoms with van der Waals surface area (Å²) in [5, 5.41) is 0. The van der Waals surface area contributed by atoms with Crippen molar-refractivity contribution in [1.29, 1.82) is 0 Å². The van der Waals surface area contributed by atoms with Crippen LogP contribution in [-0.4, -0.2) is 9.99 Å². The highest BCUT2D eigenvalue weighted by molar-refractivity contribution is 7.91. The van der Waals surface area contributed by atoms with Gasteiger partial charge in [-0.2, -0.15) is 0 Å². The number of allylic oxidation sites excluding steroid dienone is 1. The quantitative estimate of drug-likeness (QED) is 0.733. The number of carbonyl (C=O) groups excluding carboxylic acids is 1. The zero-order valence-corrected chi connectivity index (χ0v) is 10.3. The molecule has 0 fully saturated rings. The first-order valence-electron chi connectivity index (χ1n) is 5.59. The third-order valence-corrected chi connectivity index (χ3v) is 4.31. The van der Waals surface area contributed by atoms with Crippen LogP contribution in [0, 0.1) is 0 Å². The monoisotopic (exact) mass is 254 g/mol. The summed E-state index contributed by atoms with van der Waals surface area (Å²) in [6.07, 6.45) is 1.71. The molecule has 0 amide bonds. The number of fused-ring (bicyclic) bond motifs is 1. The van der Waals surface area contributed by atoms with E-state index in [2.05, 4.69) is 0 Å². The van der Waals surface area contributed by atoms with Gasteiger partial charge < -0.3 is 0 Å². The van der Waals surface area contributed by atoms with Gasteiger partial charge in [0.2, 0.25) is 5.78 Å². The Kier molecular flexibility index (Phi) is 2.68. The molecular weight excluding hydrogens is 244 g/mol. The predicted octanol–water partition coefficient (Wildman–Crippen LogP) is 3.03. The predicted molar refractivity (Wildman–Crippen MR) is 71.6 cm³/mol. The van der Waals surface area contributed by atoms with Crippen molar-refractivity contribution >= 4 is 22.7 Å². The molecule has 0 N–H and O–H groups in total. The summed E-state index contributed by atoms with van der Waals surface area (Å²) in [5.41, 5.74) is 1.44. The maximum absolute atomic E-state index is 12.2. The number of carbonyl (C=O) groups is 1. The highest BCUT2D eigenvalue weighted by Crippen LogP contribution is 2.31. The first kappa shape index (κ1) is 11.1. The van der Waals surface area contributed by atoms with Crippen molar-refractivity contribution in [2.24, 2.45) is 0 Å². The molecule has 0 aromatic heterocycles. The van der Waals surface area contributed by atoms with Crippen LogP contribution in [0.5, 0.6) is 0 Å². The fourth-order valence-corrected chi connectivity index (χ4v) is 3.29. The van der Waals surface area contributed by atoms with Gasteiger partial charge in [-0.05, 0) is 23.8 Å². The lowest BCUT2D eigenvalue weighted by Gasteiger charge is -1.95. The molecule has 2 aromatic carbocycles. The Labute approximate surface area is 107 Å². The van der Waals surface area contributed by atoms with E-state index in [-0.39, 0.29) is 5.78 Å². The van der Waals surface area contributed by atoms with E-state index in [9.17, 15) is 9.00 Å². The molecule has 1 aliphatic heterocycles. The molecule has 1 aliphatic rings. The third kappa shape index (κ3) is 1.73. The second-order valence-corrected chi connectivity index (χ2v) is 5.43. The van der Waals surface area contributed by atoms with E-state index in [1.807, 2.05) is 30.3 Å². The summed E-state index contributed by atoms with van der Waals surface area (Å²) in [4.78, 5) is 13.1. The van der Waals surface area contributed by atoms with Gasteiger partial charge in [0.1, 0.15) is 0 Å². The van der Waals surface area contributed by atoms with Crippen molar-refractivity contribution in [3.63, 3.8) is 0 Å². The van der Waals surface area contributed by atoms with Crippen LogP contribution in [-0.2, 0) is 10.8 Å². The average Bonchev–Trinajstić information content (AvgIpc) is 2.66. The van der Waals surface area contributed by atoms with Crippen molar-refractivity contribution in [3.05, 3.63) is 70.6 Å². The molecule has 0 radical (unpaired) electrons. The van der Waals surface area contributed by atoms with Gasteiger partial charge in [0, 0.05) is 5.56 Å². The molecule has 2 nitrogen and oxygen atoms in total. The van der Waals surface area contributed by atoms with Gasteiger partial charge >= 0.3 is 0 Å². The average molecular weight is 254 g/mol. The van der Waals surface area contributed by atoms with Crippen molar-refractivity contribution in [2.75, 3.05) is 0 Å². The lowest BCUT2D eigenvalue weighted by molar-refractivity contribution is 0.104. The largest absolute Gasteiger partial charge is 0.288 e. The molecule has 0 bridgehead atoms. The normalized spacial score (nSPS) is 20.1. The standard InChI is InChI=1S/C15H10O2S/c16-15-12-8-4-5-9-13(12)18(17)14(15)10-11-6-2-1-3-7-11/h1-10H/b14-10+/t18-/m1/s1. The van der Waals surface area contributed by atoms with Gasteiger partial charge in [-0.15, -0.1) is 0 Å². The molecule has 0 aliphatic carbocycles. The molecule has 1 heterocycles. The fraction of sp³-hybridized carbons (Fsp3) is 0. The minimum atomic E-state index is -1.35. The van der Waals surface area contributed by atoms with Crippen molar-refractivity contribution in [1.82, 2.24) is 0 Å². The van der Waals surface area contributed by atoms with Gasteiger partial charge in [-0.3, -0.25) is 4.79 Å². The SMILES string of the molecule is O=C1/C(=C\c2ccccc2)[S@](=O)c2ccccc21. The Morgan fingerprint density at radius 1 is 0.889 bits per heavy atom. The molecule has 18 heavy (non-hydrogen) atoms. The van der Waals surface area contributed by atoms with Crippen LogP contribution < -0.4 is 0 Å². The third-order valence-electron chi connectivity index (χ3n) is 2.85. The molecule has 0 saturated heterocycles. The second kappa shape index (κ2) is 4.35. The van der Waals surface area contributed by atoms with E-state index in [1.54, 1.807) is 30.3 Å². The number of Topliss-reactive ketones (excluding diaryl/α,β-unsaturated/α-hetero) is 1. The van der Waals surface area contributed by atoms with E-state index in [0.29, 0.717) is 15.4 Å². The molecular formula is C15H10O2S. The van der Waals surface area contributed by atoms with E-state index in [4.69, 9.17) is 0 Å². The van der Waals surface area contributed by atoms with Gasteiger partial charge in [0.05, 0.1) is 20.6 Å². The summed E-state index contributed by atoms with van der Waals surface area (Å²) in [6, 6.07) is 16.5. The van der Waals surface area contributed by atoms with Crippen LogP contribution in [0.3, 0.4) is 0 Å². The van der Waals surface area contributed by atoms with E-state index < -0.39 is 10.8 Å². The maximum Gasteiger partial charge on any atom is 0.203 e. The van der Waals surface area contributed by atoms with Crippen LogP contribution in [0.25, 0.3) is 6.08 Å². The first-order chi connectivity index (χ1) is 8.77. The minimum absolute atomic E-state index is 0.132. The number of benzene rings is 2. The topological polar surface area (TPSA) is 34.1 Å². The van der Waals surface area contributed by atoms with Crippen molar-refractivity contribution < 1.29 is 9.00 Å². The smallest absolute Gasteiger partial charge is 0.203 e. The van der Waals surface area contributed by atoms with Gasteiger partial charge in [-0.1, -0.05) is 42.5 Å². The second-order valence-electron chi connectivity index (χ2n) is 4.01. The molecule has 3 rings (SSSR count). The Balaban J connectivity index is 2.10. The maximum atomic E-state index is 12.2. The summed E-state index contributed by atoms with van der Waals surface area (Å²) in [6.45, 7) is 0. The summed E-state index contributed by atoms with van der Waals surface area (Å²) in [7, 11) is -1.35. The lowest BCUT2D eigenvalue weighted by Crippen LogP contribution is -1.96. The molecule has 2 aromatic rings. The molecule has 0 saturated carbocycles. The van der Waals surface area contributed by atoms with Crippen molar-refractivity contribution in [2.45, 2.75) is 4.90 Å². The Hall–Kier alpha value is -2.00.